The Kier molecular flexibility index (Phi) is 4.20. The van der Waals surface area contributed by atoms with Crippen molar-refractivity contribution in [2.75, 3.05) is 0 Å². The second-order valence-electron chi connectivity index (χ2n) is 3.70. The first-order chi connectivity index (χ1) is 9.10. The molecule has 0 aliphatic carbocycles. The molecular weight excluding hydrogens is 287 g/mol. The quantitative estimate of drug-likeness (QED) is 0.488. The van der Waals surface area contributed by atoms with Crippen LogP contribution < -0.4 is 4.74 Å². The number of carbonyl (C=O) groups excluding carboxylic acids is 2. The van der Waals surface area contributed by atoms with Crippen molar-refractivity contribution in [2.24, 2.45) is 0 Å². The number of carbonyl (C=O) groups is 2. The first kappa shape index (κ1) is 13.6. The van der Waals surface area contributed by atoms with Crippen LogP contribution >= 0.6 is 23.2 Å². The van der Waals surface area contributed by atoms with Crippen LogP contribution in [0, 0.1) is 0 Å². The summed E-state index contributed by atoms with van der Waals surface area (Å²) in [5.41, 5.74) is 0.591. The number of hydrogen-bond donors (Lipinski definition) is 0. The predicted molar refractivity (Wildman–Crippen MR) is 73.3 cm³/mol. The fourth-order valence-corrected chi connectivity index (χ4v) is 1.83. The van der Waals surface area contributed by atoms with Crippen LogP contribution in [0.4, 0.5) is 0 Å². The van der Waals surface area contributed by atoms with Crippen LogP contribution in [0.15, 0.2) is 42.5 Å². The summed E-state index contributed by atoms with van der Waals surface area (Å²) in [6.45, 7) is 0. The van der Waals surface area contributed by atoms with Gasteiger partial charge in [-0.25, -0.2) is 4.79 Å². The predicted octanol–water partition coefficient (Wildman–Crippen LogP) is 4.03. The summed E-state index contributed by atoms with van der Waals surface area (Å²) >= 11 is 11.7. The Bertz CT molecular complexity index is 638. The van der Waals surface area contributed by atoms with Crippen LogP contribution in [0.5, 0.6) is 5.75 Å². The Labute approximate surface area is 119 Å². The fraction of sp³-hybridized carbons (Fsp3) is 0. The fourth-order valence-electron chi connectivity index (χ4n) is 1.47. The summed E-state index contributed by atoms with van der Waals surface area (Å²) in [6, 6.07) is 10.8. The molecule has 2 rings (SSSR count). The lowest BCUT2D eigenvalue weighted by atomic mass is 10.2. The van der Waals surface area contributed by atoms with Crippen molar-refractivity contribution in [2.45, 2.75) is 0 Å². The van der Waals surface area contributed by atoms with E-state index >= 15 is 0 Å². The van der Waals surface area contributed by atoms with Gasteiger partial charge in [-0.15, -0.1) is 0 Å². The van der Waals surface area contributed by atoms with Crippen molar-refractivity contribution in [3.63, 3.8) is 0 Å². The number of benzene rings is 2. The second-order valence-corrected chi connectivity index (χ2v) is 4.55. The average Bonchev–Trinajstić information content (AvgIpc) is 2.41. The first-order valence-corrected chi connectivity index (χ1v) is 6.08. The van der Waals surface area contributed by atoms with Gasteiger partial charge >= 0.3 is 5.97 Å². The zero-order valence-electron chi connectivity index (χ0n) is 9.60. The van der Waals surface area contributed by atoms with Crippen molar-refractivity contribution in [3.05, 3.63) is 63.6 Å². The van der Waals surface area contributed by atoms with Crippen molar-refractivity contribution in [3.8, 4) is 5.75 Å². The number of hydrogen-bond acceptors (Lipinski definition) is 3. The summed E-state index contributed by atoms with van der Waals surface area (Å²) in [7, 11) is 0. The van der Waals surface area contributed by atoms with E-state index in [0.29, 0.717) is 16.9 Å². The highest BCUT2D eigenvalue weighted by Gasteiger charge is 2.13. The van der Waals surface area contributed by atoms with Gasteiger partial charge in [-0.2, -0.15) is 0 Å². The van der Waals surface area contributed by atoms with E-state index in [1.165, 1.54) is 18.2 Å². The average molecular weight is 295 g/mol. The molecule has 0 aromatic heterocycles. The minimum atomic E-state index is -0.629. The maximum absolute atomic E-state index is 11.9. The lowest BCUT2D eigenvalue weighted by Crippen LogP contribution is -2.09. The summed E-state index contributed by atoms with van der Waals surface area (Å²) in [5.74, 6) is -0.360. The standard InChI is InChI=1S/C14H8Cl2O3/c15-10-4-5-13(16)12(7-10)14(18)19-11-3-1-2-9(6-11)8-17/h1-8H. The van der Waals surface area contributed by atoms with E-state index in [1.54, 1.807) is 24.3 Å². The van der Waals surface area contributed by atoms with Gasteiger partial charge in [0, 0.05) is 10.6 Å². The van der Waals surface area contributed by atoms with Crippen molar-refractivity contribution < 1.29 is 14.3 Å². The summed E-state index contributed by atoms with van der Waals surface area (Å²) < 4.78 is 5.14. The number of ether oxygens (including phenoxy) is 1. The van der Waals surface area contributed by atoms with Crippen molar-refractivity contribution in [1.82, 2.24) is 0 Å². The maximum atomic E-state index is 11.9. The summed E-state index contributed by atoms with van der Waals surface area (Å²) in [6.07, 6.45) is 0.670. The lowest BCUT2D eigenvalue weighted by Gasteiger charge is -2.06. The van der Waals surface area contributed by atoms with E-state index < -0.39 is 5.97 Å². The van der Waals surface area contributed by atoms with Gasteiger partial charge in [-0.3, -0.25) is 4.79 Å². The smallest absolute Gasteiger partial charge is 0.345 e. The number of rotatable bonds is 3. The molecule has 0 unspecified atom stereocenters. The van der Waals surface area contributed by atoms with Crippen LogP contribution in [0.3, 0.4) is 0 Å². The van der Waals surface area contributed by atoms with Gasteiger partial charge in [0.1, 0.15) is 12.0 Å². The molecule has 0 amide bonds. The van der Waals surface area contributed by atoms with Gasteiger partial charge < -0.3 is 4.74 Å². The molecule has 0 bridgehead atoms. The van der Waals surface area contributed by atoms with Gasteiger partial charge in [0.25, 0.3) is 0 Å². The Balaban J connectivity index is 2.25. The largest absolute Gasteiger partial charge is 0.423 e. The van der Waals surface area contributed by atoms with Crippen LogP contribution in [-0.4, -0.2) is 12.3 Å². The van der Waals surface area contributed by atoms with Gasteiger partial charge in [-0.1, -0.05) is 35.3 Å². The van der Waals surface area contributed by atoms with Crippen LogP contribution in [0.1, 0.15) is 20.7 Å². The normalized spacial score (nSPS) is 10.0. The molecular formula is C14H8Cl2O3. The molecule has 0 heterocycles. The zero-order valence-corrected chi connectivity index (χ0v) is 11.1. The Morgan fingerprint density at radius 2 is 1.89 bits per heavy atom. The Hall–Kier alpha value is -1.84. The minimum absolute atomic E-state index is 0.172. The SMILES string of the molecule is O=Cc1cccc(OC(=O)c2cc(Cl)ccc2Cl)c1. The summed E-state index contributed by atoms with van der Waals surface area (Å²) in [4.78, 5) is 22.6. The van der Waals surface area contributed by atoms with Crippen molar-refractivity contribution >= 4 is 35.5 Å². The van der Waals surface area contributed by atoms with E-state index in [2.05, 4.69) is 0 Å². The van der Waals surface area contributed by atoms with Gasteiger partial charge in [-0.05, 0) is 30.3 Å². The zero-order chi connectivity index (χ0) is 13.8. The molecule has 0 saturated heterocycles. The molecule has 0 N–H and O–H groups in total. The highest BCUT2D eigenvalue weighted by Crippen LogP contribution is 2.22. The maximum Gasteiger partial charge on any atom is 0.345 e. The highest BCUT2D eigenvalue weighted by molar-refractivity contribution is 6.35. The topological polar surface area (TPSA) is 43.4 Å². The molecule has 5 heteroatoms. The summed E-state index contributed by atoms with van der Waals surface area (Å²) in [5, 5.41) is 0.638. The van der Waals surface area contributed by atoms with Crippen LogP contribution in [-0.2, 0) is 0 Å². The molecule has 3 nitrogen and oxygen atoms in total. The number of halogens is 2. The molecule has 0 spiro atoms. The number of esters is 1. The molecule has 19 heavy (non-hydrogen) atoms. The first-order valence-electron chi connectivity index (χ1n) is 5.32. The van der Waals surface area contributed by atoms with E-state index in [-0.39, 0.29) is 16.3 Å². The van der Waals surface area contributed by atoms with Crippen LogP contribution in [0.25, 0.3) is 0 Å². The third-order valence-corrected chi connectivity index (χ3v) is 2.92. The molecule has 0 aliphatic rings. The Morgan fingerprint density at radius 1 is 1.11 bits per heavy atom. The Morgan fingerprint density at radius 3 is 2.63 bits per heavy atom. The van der Waals surface area contributed by atoms with Gasteiger partial charge in [0.15, 0.2) is 0 Å². The van der Waals surface area contributed by atoms with E-state index in [4.69, 9.17) is 27.9 Å². The molecule has 0 fully saturated rings. The third-order valence-electron chi connectivity index (χ3n) is 2.35. The highest BCUT2D eigenvalue weighted by atomic mass is 35.5. The molecule has 0 atom stereocenters. The minimum Gasteiger partial charge on any atom is -0.423 e. The molecule has 0 radical (unpaired) electrons. The molecule has 0 aliphatic heterocycles. The van der Waals surface area contributed by atoms with Gasteiger partial charge in [0.05, 0.1) is 10.6 Å². The number of aldehydes is 1. The molecule has 2 aromatic rings. The van der Waals surface area contributed by atoms with E-state index in [1.807, 2.05) is 0 Å². The monoisotopic (exact) mass is 294 g/mol. The molecule has 2 aromatic carbocycles. The second kappa shape index (κ2) is 5.87. The third kappa shape index (κ3) is 3.34. The molecule has 0 saturated carbocycles. The van der Waals surface area contributed by atoms with Gasteiger partial charge in [0.2, 0.25) is 0 Å². The van der Waals surface area contributed by atoms with E-state index in [9.17, 15) is 9.59 Å². The lowest BCUT2D eigenvalue weighted by molar-refractivity contribution is 0.0734. The van der Waals surface area contributed by atoms with Crippen molar-refractivity contribution in [1.29, 1.82) is 0 Å². The van der Waals surface area contributed by atoms with Crippen LogP contribution in [0.2, 0.25) is 10.0 Å². The molecule has 96 valence electrons. The van der Waals surface area contributed by atoms with E-state index in [0.717, 1.165) is 0 Å².